The number of hydrogen-bond donors (Lipinski definition) is 2. The van der Waals surface area contributed by atoms with E-state index in [2.05, 4.69) is 10.0 Å². The minimum absolute atomic E-state index is 0.151. The summed E-state index contributed by atoms with van der Waals surface area (Å²) >= 11 is 11.9. The average molecular weight is 445 g/mol. The van der Waals surface area contributed by atoms with Crippen LogP contribution in [0.4, 0.5) is 0 Å². The molecule has 0 unspecified atom stereocenters. The SMILES string of the molecule is CCCCNS(=O)(=O)c1ccc(OCC(=O)NCc2ccc(Cl)cc2Cl)cc1. The van der Waals surface area contributed by atoms with Crippen molar-refractivity contribution < 1.29 is 17.9 Å². The molecule has 2 aromatic rings. The Morgan fingerprint density at radius 2 is 1.82 bits per heavy atom. The zero-order chi connectivity index (χ0) is 20.6. The van der Waals surface area contributed by atoms with Gasteiger partial charge in [-0.2, -0.15) is 0 Å². The van der Waals surface area contributed by atoms with Gasteiger partial charge < -0.3 is 10.1 Å². The van der Waals surface area contributed by atoms with E-state index in [4.69, 9.17) is 27.9 Å². The van der Waals surface area contributed by atoms with Crippen LogP contribution in [0.5, 0.6) is 5.75 Å². The van der Waals surface area contributed by atoms with Crippen LogP contribution in [0.2, 0.25) is 10.0 Å². The predicted molar refractivity (Wildman–Crippen MR) is 110 cm³/mol. The quantitative estimate of drug-likeness (QED) is 0.546. The maximum atomic E-state index is 12.1. The molecule has 0 saturated heterocycles. The van der Waals surface area contributed by atoms with Gasteiger partial charge in [0.05, 0.1) is 4.90 Å². The van der Waals surface area contributed by atoms with Crippen LogP contribution in [0, 0.1) is 0 Å². The number of halogens is 2. The van der Waals surface area contributed by atoms with Crippen molar-refractivity contribution in [2.75, 3.05) is 13.2 Å². The fourth-order valence-corrected chi connectivity index (χ4v) is 3.79. The molecule has 0 saturated carbocycles. The van der Waals surface area contributed by atoms with Crippen LogP contribution < -0.4 is 14.8 Å². The van der Waals surface area contributed by atoms with Gasteiger partial charge in [-0.1, -0.05) is 42.6 Å². The number of sulfonamides is 1. The van der Waals surface area contributed by atoms with Gasteiger partial charge in [0.2, 0.25) is 10.0 Å². The third-order valence-corrected chi connectivity index (χ3v) is 5.88. The Morgan fingerprint density at radius 1 is 1.11 bits per heavy atom. The molecule has 0 fully saturated rings. The average Bonchev–Trinajstić information content (AvgIpc) is 2.66. The Bertz CT molecular complexity index is 903. The summed E-state index contributed by atoms with van der Waals surface area (Å²) in [6.07, 6.45) is 1.68. The Labute approximate surface area is 175 Å². The maximum absolute atomic E-state index is 12.1. The number of nitrogens with one attached hydrogen (secondary N) is 2. The van der Waals surface area contributed by atoms with Crippen molar-refractivity contribution in [3.63, 3.8) is 0 Å². The molecule has 0 spiro atoms. The van der Waals surface area contributed by atoms with Gasteiger partial charge in [-0.15, -0.1) is 0 Å². The molecule has 2 N–H and O–H groups in total. The molecule has 2 aromatic carbocycles. The van der Waals surface area contributed by atoms with Gasteiger partial charge >= 0.3 is 0 Å². The van der Waals surface area contributed by atoms with E-state index in [9.17, 15) is 13.2 Å². The number of unbranched alkanes of at least 4 members (excludes halogenated alkanes) is 1. The Morgan fingerprint density at radius 3 is 2.46 bits per heavy atom. The predicted octanol–water partition coefficient (Wildman–Crippen LogP) is 3.77. The van der Waals surface area contributed by atoms with Crippen LogP contribution in [-0.2, 0) is 21.4 Å². The number of amides is 1. The second-order valence-corrected chi connectivity index (χ2v) is 8.63. The van der Waals surface area contributed by atoms with Gasteiger partial charge in [0, 0.05) is 23.1 Å². The largest absolute Gasteiger partial charge is 0.484 e. The highest BCUT2D eigenvalue weighted by Crippen LogP contribution is 2.20. The molecule has 28 heavy (non-hydrogen) atoms. The lowest BCUT2D eigenvalue weighted by Gasteiger charge is -2.10. The molecule has 152 valence electrons. The highest BCUT2D eigenvalue weighted by atomic mass is 35.5. The summed E-state index contributed by atoms with van der Waals surface area (Å²) in [6.45, 7) is 2.43. The molecule has 2 rings (SSSR count). The van der Waals surface area contributed by atoms with Crippen molar-refractivity contribution in [3.05, 3.63) is 58.1 Å². The van der Waals surface area contributed by atoms with Crippen LogP contribution in [0.15, 0.2) is 47.4 Å². The van der Waals surface area contributed by atoms with E-state index in [1.165, 1.54) is 24.3 Å². The first-order valence-corrected chi connectivity index (χ1v) is 11.0. The molecule has 0 radical (unpaired) electrons. The fraction of sp³-hybridized carbons (Fsp3) is 0.316. The van der Waals surface area contributed by atoms with Crippen molar-refractivity contribution in [1.82, 2.24) is 10.0 Å². The summed E-state index contributed by atoms with van der Waals surface area (Å²) in [6, 6.07) is 10.9. The second-order valence-electron chi connectivity index (χ2n) is 6.02. The van der Waals surface area contributed by atoms with Crippen molar-refractivity contribution in [2.24, 2.45) is 0 Å². The highest BCUT2D eigenvalue weighted by Gasteiger charge is 2.13. The van der Waals surface area contributed by atoms with E-state index in [0.29, 0.717) is 22.3 Å². The zero-order valence-corrected chi connectivity index (χ0v) is 17.7. The number of rotatable bonds is 10. The Hall–Kier alpha value is -1.80. The van der Waals surface area contributed by atoms with E-state index in [1.54, 1.807) is 18.2 Å². The Balaban J connectivity index is 1.83. The molecule has 0 aliphatic heterocycles. The Kier molecular flexibility index (Phi) is 8.57. The maximum Gasteiger partial charge on any atom is 0.258 e. The van der Waals surface area contributed by atoms with Gasteiger partial charge in [-0.3, -0.25) is 4.79 Å². The summed E-state index contributed by atoms with van der Waals surface area (Å²) in [5, 5.41) is 3.69. The molecule has 0 aliphatic rings. The van der Waals surface area contributed by atoms with E-state index < -0.39 is 10.0 Å². The lowest BCUT2D eigenvalue weighted by Crippen LogP contribution is -2.28. The zero-order valence-electron chi connectivity index (χ0n) is 15.4. The molecule has 1 amide bonds. The molecule has 0 aliphatic carbocycles. The number of benzene rings is 2. The van der Waals surface area contributed by atoms with Crippen LogP contribution in [0.25, 0.3) is 0 Å². The van der Waals surface area contributed by atoms with Gasteiger partial charge in [0.15, 0.2) is 6.61 Å². The second kappa shape index (κ2) is 10.7. The normalized spacial score (nSPS) is 11.2. The lowest BCUT2D eigenvalue weighted by atomic mass is 10.2. The van der Waals surface area contributed by atoms with Gasteiger partial charge in [0.1, 0.15) is 5.75 Å². The molecule has 0 bridgehead atoms. The van der Waals surface area contributed by atoms with Crippen molar-refractivity contribution in [2.45, 2.75) is 31.2 Å². The minimum atomic E-state index is -3.53. The third-order valence-electron chi connectivity index (χ3n) is 3.82. The minimum Gasteiger partial charge on any atom is -0.484 e. The van der Waals surface area contributed by atoms with Gasteiger partial charge in [-0.05, 0) is 48.4 Å². The van der Waals surface area contributed by atoms with Crippen LogP contribution in [0.3, 0.4) is 0 Å². The van der Waals surface area contributed by atoms with Crippen LogP contribution in [-0.4, -0.2) is 27.5 Å². The molecular formula is C19H22Cl2N2O4S. The fourth-order valence-electron chi connectivity index (χ4n) is 2.24. The first kappa shape index (κ1) is 22.5. The summed E-state index contributed by atoms with van der Waals surface area (Å²) in [4.78, 5) is 12.1. The molecule has 9 heteroatoms. The number of carbonyl (C=O) groups excluding carboxylic acids is 1. The van der Waals surface area contributed by atoms with Crippen molar-refractivity contribution >= 4 is 39.1 Å². The topological polar surface area (TPSA) is 84.5 Å². The van der Waals surface area contributed by atoms with Crippen LogP contribution >= 0.6 is 23.2 Å². The highest BCUT2D eigenvalue weighted by molar-refractivity contribution is 7.89. The van der Waals surface area contributed by atoms with Crippen molar-refractivity contribution in [1.29, 1.82) is 0 Å². The monoisotopic (exact) mass is 444 g/mol. The van der Waals surface area contributed by atoms with E-state index >= 15 is 0 Å². The number of carbonyl (C=O) groups is 1. The third kappa shape index (κ3) is 6.98. The molecule has 6 nitrogen and oxygen atoms in total. The van der Waals surface area contributed by atoms with E-state index in [-0.39, 0.29) is 24.0 Å². The van der Waals surface area contributed by atoms with E-state index in [1.807, 2.05) is 6.92 Å². The summed E-state index contributed by atoms with van der Waals surface area (Å²) in [7, 11) is -3.53. The smallest absolute Gasteiger partial charge is 0.258 e. The molecule has 0 atom stereocenters. The van der Waals surface area contributed by atoms with Crippen LogP contribution in [0.1, 0.15) is 25.3 Å². The number of ether oxygens (including phenoxy) is 1. The standard InChI is InChI=1S/C19H22Cl2N2O4S/c1-2-3-10-23-28(25,26)17-8-6-16(7-9-17)27-13-19(24)22-12-14-4-5-15(20)11-18(14)21/h4-9,11,23H,2-3,10,12-13H2,1H3,(H,22,24). The molecule has 0 aromatic heterocycles. The summed E-state index contributed by atoms with van der Waals surface area (Å²) in [5.41, 5.74) is 0.740. The van der Waals surface area contributed by atoms with Gasteiger partial charge in [0.25, 0.3) is 5.91 Å². The lowest BCUT2D eigenvalue weighted by molar-refractivity contribution is -0.123. The molecular weight excluding hydrogens is 423 g/mol. The first-order valence-electron chi connectivity index (χ1n) is 8.75. The molecule has 0 heterocycles. The first-order chi connectivity index (χ1) is 13.3. The van der Waals surface area contributed by atoms with E-state index in [0.717, 1.165) is 18.4 Å². The summed E-state index contributed by atoms with van der Waals surface area (Å²) in [5.74, 6) is 0.0659. The summed E-state index contributed by atoms with van der Waals surface area (Å²) < 4.78 is 32.2. The van der Waals surface area contributed by atoms with Crippen molar-refractivity contribution in [3.8, 4) is 5.75 Å². The number of hydrogen-bond acceptors (Lipinski definition) is 4. The van der Waals surface area contributed by atoms with Gasteiger partial charge in [-0.25, -0.2) is 13.1 Å².